The van der Waals surface area contributed by atoms with Gasteiger partial charge in [0.25, 0.3) is 0 Å². The predicted octanol–water partition coefficient (Wildman–Crippen LogP) is 2.98. The van der Waals surface area contributed by atoms with Crippen LogP contribution in [0.3, 0.4) is 0 Å². The molecule has 4 aromatic rings. The Hall–Kier alpha value is -1.96. The van der Waals surface area contributed by atoms with Crippen LogP contribution < -0.4 is 35.2 Å². The molecule has 0 nitrogen and oxygen atoms in total. The number of hydrogen-bond acceptors (Lipinski definition) is 0. The van der Waals surface area contributed by atoms with Crippen LogP contribution in [0.5, 0.6) is 0 Å². The molecule has 0 aliphatic heterocycles. The first-order valence-electron chi connectivity index (χ1n) is 14.8. The molecule has 0 N–H and O–H groups in total. The number of hydrogen-bond donors (Lipinski definition) is 0. The summed E-state index contributed by atoms with van der Waals surface area (Å²) in [6.07, 6.45) is 5.15. The van der Waals surface area contributed by atoms with Crippen molar-refractivity contribution in [3.05, 3.63) is 142 Å². The molecule has 4 aromatic carbocycles. The summed E-state index contributed by atoms with van der Waals surface area (Å²) in [6, 6.07) is 37.6. The van der Waals surface area contributed by atoms with Crippen LogP contribution in [0.2, 0.25) is 0 Å². The molecule has 0 radical (unpaired) electrons. The zero-order valence-corrected chi connectivity index (χ0v) is 30.4. The number of halogens is 2. The predicted molar refractivity (Wildman–Crippen MR) is 172 cm³/mol. The minimum atomic E-state index is -2.50. The molecule has 2 aliphatic rings. The number of rotatable bonds is 6. The second kappa shape index (κ2) is 13.8. The average molecular weight is 687 g/mol. The third-order valence-electron chi connectivity index (χ3n) is 8.90. The van der Waals surface area contributed by atoms with Crippen molar-refractivity contribution in [3.63, 3.8) is 0 Å². The van der Waals surface area contributed by atoms with Crippen LogP contribution >= 0.6 is 0 Å². The van der Waals surface area contributed by atoms with Crippen LogP contribution in [-0.4, -0.2) is 5.43 Å². The van der Waals surface area contributed by atoms with Crippen molar-refractivity contribution in [1.82, 2.24) is 0 Å². The van der Waals surface area contributed by atoms with Crippen molar-refractivity contribution in [1.29, 1.82) is 0 Å². The first-order valence-corrected chi connectivity index (χ1v) is 22.9. The number of benzene rings is 4. The topological polar surface area (TPSA) is 0 Å². The monoisotopic (exact) mass is 684 g/mol. The molecule has 6 rings (SSSR count). The average Bonchev–Trinajstić information content (AvgIpc) is 3.47. The summed E-state index contributed by atoms with van der Waals surface area (Å²) in [6.45, 7) is 14.3. The third-order valence-corrected chi connectivity index (χ3v) is 30.1. The van der Waals surface area contributed by atoms with E-state index in [0.717, 1.165) is 0 Å². The molecular formula is C38H40Cl2SiZr. The Balaban J connectivity index is 0.00000202. The second-order valence-electron chi connectivity index (χ2n) is 12.2. The molecule has 0 amide bonds. The summed E-state index contributed by atoms with van der Waals surface area (Å²) < 4.78 is 1.15. The molecule has 0 spiro atoms. The smallest absolute Gasteiger partial charge is 1.00 e. The van der Waals surface area contributed by atoms with Crippen LogP contribution in [0.25, 0.3) is 12.2 Å². The van der Waals surface area contributed by atoms with Gasteiger partial charge >= 0.3 is 251 Å². The molecule has 0 aromatic heterocycles. The van der Waals surface area contributed by atoms with Gasteiger partial charge in [0.05, 0.1) is 0 Å². The van der Waals surface area contributed by atoms with Gasteiger partial charge in [0.15, 0.2) is 0 Å². The maximum atomic E-state index is 2.57. The summed E-state index contributed by atoms with van der Waals surface area (Å²) >= 11 is -2.50. The zero-order chi connectivity index (χ0) is 28.0. The van der Waals surface area contributed by atoms with Crippen LogP contribution in [0.15, 0.2) is 108 Å². The molecule has 0 saturated heterocycles. The summed E-state index contributed by atoms with van der Waals surface area (Å²) in [5, 5.41) is 3.19. The van der Waals surface area contributed by atoms with Crippen LogP contribution in [0.1, 0.15) is 94.0 Å². The molecule has 0 fully saturated rings. The van der Waals surface area contributed by atoms with Gasteiger partial charge in [0.1, 0.15) is 0 Å². The normalized spacial score (nSPS) is 16.5. The Kier molecular flexibility index (Phi) is 10.8. The van der Waals surface area contributed by atoms with Crippen molar-refractivity contribution >= 4 is 28.0 Å². The van der Waals surface area contributed by atoms with Crippen LogP contribution in [-0.2, 0) is 20.4 Å². The fraction of sp³-hybridized carbons (Fsp3) is 0.263. The molecule has 2 unspecified atom stereocenters. The van der Waals surface area contributed by atoms with Gasteiger partial charge in [-0.2, -0.15) is 0 Å². The van der Waals surface area contributed by atoms with Crippen LogP contribution in [0, 0.1) is 0 Å². The molecule has 214 valence electrons. The van der Waals surface area contributed by atoms with E-state index in [2.05, 4.69) is 151 Å². The van der Waals surface area contributed by atoms with Gasteiger partial charge in [-0.15, -0.1) is 0 Å². The Morgan fingerprint density at radius 2 is 0.905 bits per heavy atom. The van der Waals surface area contributed by atoms with Gasteiger partial charge in [0, 0.05) is 0 Å². The standard InChI is InChI=1S/2C13H15.C12H10Si.2ClH.Zr/c2*1-9(2)12-6-4-5-11-7-10(3)8-13(11)12;1-3-7-11(8-4-1)13-12-9-5-2-6-10-12;;;/h2*4-9H,1-3H3;1-10H;2*1H;/q;;;;;+2/p-2. The molecule has 0 saturated carbocycles. The van der Waals surface area contributed by atoms with Gasteiger partial charge in [-0.3, -0.25) is 0 Å². The minimum absolute atomic E-state index is 0. The van der Waals surface area contributed by atoms with E-state index in [4.69, 9.17) is 0 Å². The molecule has 2 atom stereocenters. The third kappa shape index (κ3) is 5.90. The summed E-state index contributed by atoms with van der Waals surface area (Å²) in [5.41, 5.74) is 11.5. The molecule has 0 bridgehead atoms. The Morgan fingerprint density at radius 3 is 1.26 bits per heavy atom. The quantitative estimate of drug-likeness (QED) is 0.274. The van der Waals surface area contributed by atoms with E-state index in [0.29, 0.717) is 19.1 Å². The van der Waals surface area contributed by atoms with Gasteiger partial charge in [0.2, 0.25) is 0 Å². The van der Waals surface area contributed by atoms with Crippen LogP contribution in [0.4, 0.5) is 0 Å². The van der Waals surface area contributed by atoms with E-state index < -0.39 is 25.8 Å². The van der Waals surface area contributed by atoms with Crippen molar-refractivity contribution < 1.29 is 45.2 Å². The fourth-order valence-electron chi connectivity index (χ4n) is 7.15. The maximum Gasteiger partial charge on any atom is -1.00 e. The minimum Gasteiger partial charge on any atom is -1.00 e. The van der Waals surface area contributed by atoms with E-state index in [1.54, 1.807) is 32.6 Å². The maximum absolute atomic E-state index is 2.57. The number of fused-ring (bicyclic) bond motifs is 2. The van der Waals surface area contributed by atoms with E-state index >= 15 is 0 Å². The molecule has 2 aliphatic carbocycles. The Morgan fingerprint density at radius 1 is 0.524 bits per heavy atom. The summed E-state index contributed by atoms with van der Waals surface area (Å²) in [7, 11) is 0. The van der Waals surface area contributed by atoms with Crippen molar-refractivity contribution in [2.24, 2.45) is 0 Å². The van der Waals surface area contributed by atoms with Gasteiger partial charge < -0.3 is 24.8 Å². The van der Waals surface area contributed by atoms with E-state index in [-0.39, 0.29) is 24.8 Å². The zero-order valence-electron chi connectivity index (χ0n) is 25.5. The van der Waals surface area contributed by atoms with E-state index in [9.17, 15) is 0 Å². The van der Waals surface area contributed by atoms with Gasteiger partial charge in [-0.05, 0) is 0 Å². The molecular weight excluding hydrogens is 647 g/mol. The molecule has 42 heavy (non-hydrogen) atoms. The largest absolute Gasteiger partial charge is 1.00 e. The molecule has 0 heterocycles. The first-order chi connectivity index (χ1) is 19.4. The van der Waals surface area contributed by atoms with Gasteiger partial charge in [-0.25, -0.2) is 0 Å². The Bertz CT molecular complexity index is 1540. The van der Waals surface area contributed by atoms with E-state index in [1.807, 2.05) is 0 Å². The Labute approximate surface area is 273 Å². The molecule has 4 heteroatoms. The van der Waals surface area contributed by atoms with Crippen molar-refractivity contribution in [2.75, 3.05) is 0 Å². The van der Waals surface area contributed by atoms with Crippen molar-refractivity contribution in [3.8, 4) is 0 Å². The fourth-order valence-corrected chi connectivity index (χ4v) is 32.5. The first kappa shape index (κ1) is 32.9. The van der Waals surface area contributed by atoms with E-state index in [1.165, 1.54) is 22.3 Å². The number of allylic oxidation sites excluding steroid dienone is 2. The SMILES string of the molecule is CC1=Cc2c(C(C)C)cccc2[CH]1[Zr+2]([CH]1C(C)=Cc2c(C(C)C)cccc21)=[Si](c1ccccc1)c1ccccc1.[Cl-].[Cl-]. The summed E-state index contributed by atoms with van der Waals surface area (Å²) in [4.78, 5) is 0. The second-order valence-corrected chi connectivity index (χ2v) is 26.3. The summed E-state index contributed by atoms with van der Waals surface area (Å²) in [5.74, 6) is 1.06. The van der Waals surface area contributed by atoms with Crippen molar-refractivity contribution in [2.45, 2.75) is 60.6 Å². The van der Waals surface area contributed by atoms with Gasteiger partial charge in [-0.1, -0.05) is 0 Å².